The Morgan fingerprint density at radius 3 is 1.90 bits per heavy atom. The molecular formula is C23H46N2O4. The van der Waals surface area contributed by atoms with Crippen LogP contribution in [0.25, 0.3) is 0 Å². The summed E-state index contributed by atoms with van der Waals surface area (Å²) in [4.78, 5) is 14.2. The van der Waals surface area contributed by atoms with Gasteiger partial charge in [-0.1, -0.05) is 41.5 Å². The molecule has 1 aliphatic rings. The number of hydrogen-bond donors (Lipinski definition) is 1. The molecule has 0 aliphatic carbocycles. The summed E-state index contributed by atoms with van der Waals surface area (Å²) >= 11 is 0. The van der Waals surface area contributed by atoms with Crippen molar-refractivity contribution in [1.29, 1.82) is 0 Å². The van der Waals surface area contributed by atoms with Crippen LogP contribution in [-0.4, -0.2) is 76.6 Å². The highest BCUT2D eigenvalue weighted by molar-refractivity contribution is 5.81. The van der Waals surface area contributed by atoms with Gasteiger partial charge in [0.2, 0.25) is 5.91 Å². The van der Waals surface area contributed by atoms with Crippen LogP contribution in [0.15, 0.2) is 0 Å². The predicted molar refractivity (Wildman–Crippen MR) is 118 cm³/mol. The van der Waals surface area contributed by atoms with E-state index < -0.39 is 0 Å². The number of rotatable bonds is 13. The summed E-state index contributed by atoms with van der Waals surface area (Å²) in [6.45, 7) is 20.3. The zero-order valence-corrected chi connectivity index (χ0v) is 19.8. The van der Waals surface area contributed by atoms with E-state index in [1.807, 2.05) is 20.8 Å². The smallest absolute Gasteiger partial charge is 0.225 e. The van der Waals surface area contributed by atoms with Crippen LogP contribution in [0.2, 0.25) is 0 Å². The van der Waals surface area contributed by atoms with Crippen LogP contribution in [0, 0.1) is 16.7 Å². The lowest BCUT2D eigenvalue weighted by atomic mass is 9.80. The summed E-state index contributed by atoms with van der Waals surface area (Å²) < 4.78 is 16.7. The third-order valence-corrected chi connectivity index (χ3v) is 5.12. The summed E-state index contributed by atoms with van der Waals surface area (Å²) in [5.41, 5.74) is 0.0922. The number of carbonyl (C=O) groups excluding carboxylic acids is 1. The van der Waals surface area contributed by atoms with Crippen LogP contribution in [-0.2, 0) is 19.0 Å². The van der Waals surface area contributed by atoms with E-state index in [0.29, 0.717) is 45.0 Å². The molecule has 1 heterocycles. The highest BCUT2D eigenvalue weighted by Crippen LogP contribution is 2.30. The molecule has 0 unspecified atom stereocenters. The number of amides is 1. The molecule has 1 aliphatic heterocycles. The van der Waals surface area contributed by atoms with Crippen molar-refractivity contribution in [3.8, 4) is 0 Å². The molecule has 0 spiro atoms. The second-order valence-corrected chi connectivity index (χ2v) is 10.4. The Morgan fingerprint density at radius 2 is 1.38 bits per heavy atom. The Morgan fingerprint density at radius 1 is 0.862 bits per heavy atom. The first-order valence-corrected chi connectivity index (χ1v) is 11.3. The summed E-state index contributed by atoms with van der Waals surface area (Å²) in [7, 11) is 0. The normalized spacial score (nSPS) is 16.9. The molecule has 1 saturated heterocycles. The minimum atomic E-state index is -0.355. The molecule has 0 saturated carbocycles. The lowest BCUT2D eigenvalue weighted by Gasteiger charge is -2.34. The van der Waals surface area contributed by atoms with E-state index in [9.17, 15) is 4.79 Å². The molecule has 0 atom stereocenters. The SMILES string of the molecule is CC(C)(C)CC1CCN(CCOCCOCCOCCNC(=O)C(C)(C)C)CC1. The third-order valence-electron chi connectivity index (χ3n) is 5.12. The van der Waals surface area contributed by atoms with Crippen molar-refractivity contribution in [2.24, 2.45) is 16.7 Å². The molecular weight excluding hydrogens is 368 g/mol. The largest absolute Gasteiger partial charge is 0.378 e. The van der Waals surface area contributed by atoms with Gasteiger partial charge in [-0.2, -0.15) is 0 Å². The van der Waals surface area contributed by atoms with Crippen LogP contribution in [0.3, 0.4) is 0 Å². The van der Waals surface area contributed by atoms with Gasteiger partial charge in [0.25, 0.3) is 0 Å². The monoisotopic (exact) mass is 414 g/mol. The summed E-state index contributed by atoms with van der Waals surface area (Å²) in [6, 6.07) is 0. The number of nitrogens with zero attached hydrogens (tertiary/aromatic N) is 1. The van der Waals surface area contributed by atoms with Gasteiger partial charge < -0.3 is 24.4 Å². The molecule has 0 bridgehead atoms. The third kappa shape index (κ3) is 14.0. The summed E-state index contributed by atoms with van der Waals surface area (Å²) in [5.74, 6) is 0.932. The molecule has 6 heteroatoms. The van der Waals surface area contributed by atoms with E-state index in [-0.39, 0.29) is 11.3 Å². The quantitative estimate of drug-likeness (QED) is 0.468. The zero-order chi connectivity index (χ0) is 21.8. The Balaban J connectivity index is 1.85. The number of ether oxygens (including phenoxy) is 3. The fraction of sp³-hybridized carbons (Fsp3) is 0.957. The second-order valence-electron chi connectivity index (χ2n) is 10.4. The fourth-order valence-corrected chi connectivity index (χ4v) is 3.52. The molecule has 1 fully saturated rings. The summed E-state index contributed by atoms with van der Waals surface area (Å²) in [6.07, 6.45) is 3.98. The van der Waals surface area contributed by atoms with Crippen LogP contribution in [0.5, 0.6) is 0 Å². The molecule has 0 radical (unpaired) electrons. The first kappa shape index (κ1) is 26.3. The van der Waals surface area contributed by atoms with E-state index >= 15 is 0 Å². The standard InChI is InChI=1S/C23H46N2O4/c1-22(2,3)19-20-7-10-25(11-8-20)12-14-28-16-18-29-17-15-27-13-9-24-21(26)23(4,5)6/h20H,7-19H2,1-6H3,(H,24,26). The second kappa shape index (κ2) is 13.6. The van der Waals surface area contributed by atoms with Crippen molar-refractivity contribution in [2.45, 2.75) is 60.8 Å². The number of hydrogen-bond acceptors (Lipinski definition) is 5. The van der Waals surface area contributed by atoms with Crippen molar-refractivity contribution >= 4 is 5.91 Å². The maximum absolute atomic E-state index is 11.7. The minimum Gasteiger partial charge on any atom is -0.378 e. The average molecular weight is 415 g/mol. The fourth-order valence-electron chi connectivity index (χ4n) is 3.52. The van der Waals surface area contributed by atoms with Crippen molar-refractivity contribution in [1.82, 2.24) is 10.2 Å². The first-order chi connectivity index (χ1) is 13.6. The van der Waals surface area contributed by atoms with Gasteiger partial charge in [-0.15, -0.1) is 0 Å². The van der Waals surface area contributed by atoms with E-state index in [4.69, 9.17) is 14.2 Å². The molecule has 29 heavy (non-hydrogen) atoms. The summed E-state index contributed by atoms with van der Waals surface area (Å²) in [5, 5.41) is 2.86. The maximum Gasteiger partial charge on any atom is 0.225 e. The molecule has 1 N–H and O–H groups in total. The zero-order valence-electron chi connectivity index (χ0n) is 19.8. The Bertz CT molecular complexity index is 435. The maximum atomic E-state index is 11.7. The van der Waals surface area contributed by atoms with Crippen molar-refractivity contribution in [2.75, 3.05) is 65.8 Å². The molecule has 0 aromatic rings. The number of likely N-dealkylation sites (tertiary alicyclic amines) is 1. The van der Waals surface area contributed by atoms with Gasteiger partial charge in [0, 0.05) is 18.5 Å². The molecule has 6 nitrogen and oxygen atoms in total. The van der Waals surface area contributed by atoms with Crippen molar-refractivity contribution < 1.29 is 19.0 Å². The molecule has 0 aromatic carbocycles. The van der Waals surface area contributed by atoms with Crippen LogP contribution < -0.4 is 5.32 Å². The average Bonchev–Trinajstić information content (AvgIpc) is 2.61. The van der Waals surface area contributed by atoms with Crippen LogP contribution in [0.4, 0.5) is 0 Å². The lowest BCUT2D eigenvalue weighted by Crippen LogP contribution is -2.37. The van der Waals surface area contributed by atoms with Crippen molar-refractivity contribution in [3.63, 3.8) is 0 Å². The molecule has 1 amide bonds. The van der Waals surface area contributed by atoms with Gasteiger partial charge >= 0.3 is 0 Å². The molecule has 1 rings (SSSR count). The van der Waals surface area contributed by atoms with Gasteiger partial charge in [-0.05, 0) is 43.7 Å². The number of carbonyl (C=O) groups is 1. The van der Waals surface area contributed by atoms with Gasteiger partial charge in [-0.25, -0.2) is 0 Å². The Hall–Kier alpha value is -0.690. The van der Waals surface area contributed by atoms with Crippen LogP contribution >= 0.6 is 0 Å². The first-order valence-electron chi connectivity index (χ1n) is 11.3. The topological polar surface area (TPSA) is 60.0 Å². The van der Waals surface area contributed by atoms with E-state index in [0.717, 1.165) is 19.1 Å². The van der Waals surface area contributed by atoms with E-state index in [1.54, 1.807) is 0 Å². The lowest BCUT2D eigenvalue weighted by molar-refractivity contribution is -0.128. The van der Waals surface area contributed by atoms with Gasteiger partial charge in [-0.3, -0.25) is 4.79 Å². The molecule has 172 valence electrons. The Kier molecular flexibility index (Phi) is 12.3. The van der Waals surface area contributed by atoms with Crippen molar-refractivity contribution in [3.05, 3.63) is 0 Å². The van der Waals surface area contributed by atoms with Gasteiger partial charge in [0.15, 0.2) is 0 Å². The predicted octanol–water partition coefficient (Wildman–Crippen LogP) is 3.35. The number of nitrogens with one attached hydrogen (secondary N) is 1. The van der Waals surface area contributed by atoms with Crippen LogP contribution in [0.1, 0.15) is 60.8 Å². The highest BCUT2D eigenvalue weighted by atomic mass is 16.5. The van der Waals surface area contributed by atoms with E-state index in [2.05, 4.69) is 31.0 Å². The van der Waals surface area contributed by atoms with Gasteiger partial charge in [0.05, 0.1) is 39.6 Å². The highest BCUT2D eigenvalue weighted by Gasteiger charge is 2.23. The molecule has 0 aromatic heterocycles. The minimum absolute atomic E-state index is 0.0452. The Labute approximate surface area is 179 Å². The van der Waals surface area contributed by atoms with E-state index in [1.165, 1.54) is 32.4 Å². The number of piperidine rings is 1. The van der Waals surface area contributed by atoms with Gasteiger partial charge in [0.1, 0.15) is 0 Å².